The van der Waals surface area contributed by atoms with E-state index in [1.54, 1.807) is 12.1 Å². The van der Waals surface area contributed by atoms with Crippen molar-refractivity contribution in [3.63, 3.8) is 0 Å². The van der Waals surface area contributed by atoms with Gasteiger partial charge in [-0.1, -0.05) is 19.1 Å². The van der Waals surface area contributed by atoms with Crippen LogP contribution in [0.15, 0.2) is 29.2 Å². The maximum atomic E-state index is 12.0. The van der Waals surface area contributed by atoms with Crippen LogP contribution in [0.2, 0.25) is 0 Å². The first-order valence-electron chi connectivity index (χ1n) is 6.84. The molecule has 1 fully saturated rings. The molecule has 0 spiro atoms. The number of sulfone groups is 1. The average molecular weight is 346 g/mol. The number of rotatable bonds is 5. The molecule has 1 heterocycles. The highest BCUT2D eigenvalue weighted by molar-refractivity contribution is 7.91. The van der Waals surface area contributed by atoms with Gasteiger partial charge in [0.2, 0.25) is 5.91 Å². The lowest BCUT2D eigenvalue weighted by molar-refractivity contribution is -0.124. The standard InChI is InChI=1S/C13H18N2O5S2/c1-2-10-3-5-12(6-4-10)22(19,20)15-14-13(16)11-7-8-21(17,18)9-11/h3-6,11,15H,2,7-9H2,1H3,(H,14,16)/t11-/m1/s1. The van der Waals surface area contributed by atoms with Gasteiger partial charge >= 0.3 is 0 Å². The Morgan fingerprint density at radius 1 is 1.27 bits per heavy atom. The number of carbonyl (C=O) groups is 1. The maximum absolute atomic E-state index is 12.0. The van der Waals surface area contributed by atoms with E-state index < -0.39 is 31.7 Å². The average Bonchev–Trinajstić information content (AvgIpc) is 2.85. The molecule has 7 nitrogen and oxygen atoms in total. The number of hydrazine groups is 1. The van der Waals surface area contributed by atoms with E-state index in [0.29, 0.717) is 0 Å². The van der Waals surface area contributed by atoms with Gasteiger partial charge in [-0.2, -0.15) is 0 Å². The Bertz CT molecular complexity index is 754. The van der Waals surface area contributed by atoms with Crippen molar-refractivity contribution < 1.29 is 21.6 Å². The molecule has 0 aliphatic carbocycles. The van der Waals surface area contributed by atoms with Crippen LogP contribution in [0.1, 0.15) is 18.9 Å². The SMILES string of the molecule is CCc1ccc(S(=O)(=O)NNC(=O)[C@@H]2CCS(=O)(=O)C2)cc1. The maximum Gasteiger partial charge on any atom is 0.257 e. The fraction of sp³-hybridized carbons (Fsp3) is 0.462. The second-order valence-electron chi connectivity index (χ2n) is 5.19. The first kappa shape index (κ1) is 16.9. The number of amides is 1. The van der Waals surface area contributed by atoms with E-state index in [4.69, 9.17) is 0 Å². The number of benzene rings is 1. The second kappa shape index (κ2) is 6.35. The van der Waals surface area contributed by atoms with Gasteiger partial charge in [-0.05, 0) is 30.5 Å². The summed E-state index contributed by atoms with van der Waals surface area (Å²) in [7, 11) is -7.06. The van der Waals surface area contributed by atoms with Gasteiger partial charge in [0.25, 0.3) is 10.0 Å². The number of carbonyl (C=O) groups excluding carboxylic acids is 1. The lowest BCUT2D eigenvalue weighted by Crippen LogP contribution is -2.44. The summed E-state index contributed by atoms with van der Waals surface area (Å²) in [5.41, 5.74) is 3.09. The summed E-state index contributed by atoms with van der Waals surface area (Å²) in [6.07, 6.45) is 1.00. The number of hydrogen-bond acceptors (Lipinski definition) is 5. The van der Waals surface area contributed by atoms with Gasteiger partial charge in [0.15, 0.2) is 9.84 Å². The molecule has 122 valence electrons. The molecule has 1 saturated heterocycles. The van der Waals surface area contributed by atoms with E-state index in [1.165, 1.54) is 12.1 Å². The molecule has 2 N–H and O–H groups in total. The molecule has 1 amide bonds. The molecule has 0 radical (unpaired) electrons. The topological polar surface area (TPSA) is 109 Å². The Labute approximate surface area is 130 Å². The van der Waals surface area contributed by atoms with Gasteiger partial charge in [0, 0.05) is 0 Å². The molecule has 1 aromatic rings. The highest BCUT2D eigenvalue weighted by Crippen LogP contribution is 2.18. The number of aryl methyl sites for hydroxylation is 1. The number of sulfonamides is 1. The van der Waals surface area contributed by atoms with Crippen molar-refractivity contribution >= 4 is 25.8 Å². The Morgan fingerprint density at radius 3 is 2.41 bits per heavy atom. The number of hydrogen-bond donors (Lipinski definition) is 2. The predicted molar refractivity (Wildman–Crippen MR) is 81.0 cm³/mol. The summed E-state index contributed by atoms with van der Waals surface area (Å²) in [5, 5.41) is 0. The summed E-state index contributed by atoms with van der Waals surface area (Å²) >= 11 is 0. The van der Waals surface area contributed by atoms with Gasteiger partial charge in [-0.25, -0.2) is 16.8 Å². The van der Waals surface area contributed by atoms with E-state index in [1.807, 2.05) is 11.8 Å². The van der Waals surface area contributed by atoms with Crippen LogP contribution in [0.5, 0.6) is 0 Å². The lowest BCUT2D eigenvalue weighted by Gasteiger charge is -2.11. The molecule has 1 aromatic carbocycles. The fourth-order valence-electron chi connectivity index (χ4n) is 2.18. The molecular weight excluding hydrogens is 328 g/mol. The highest BCUT2D eigenvalue weighted by atomic mass is 32.2. The molecule has 2 rings (SSSR count). The smallest absolute Gasteiger partial charge is 0.257 e. The molecule has 0 saturated carbocycles. The molecular formula is C13H18N2O5S2. The Hall–Kier alpha value is -1.45. The zero-order chi connectivity index (χ0) is 16.4. The normalized spacial score (nSPS) is 20.7. The molecule has 1 atom stereocenters. The van der Waals surface area contributed by atoms with Crippen LogP contribution >= 0.6 is 0 Å². The molecule has 22 heavy (non-hydrogen) atoms. The quantitative estimate of drug-likeness (QED) is 0.729. The van der Waals surface area contributed by atoms with Gasteiger partial charge in [-0.15, -0.1) is 4.83 Å². The molecule has 0 unspecified atom stereocenters. The summed E-state index contributed by atoms with van der Waals surface area (Å²) < 4.78 is 46.7. The zero-order valence-corrected chi connectivity index (χ0v) is 13.7. The van der Waals surface area contributed by atoms with Gasteiger partial charge in [0.05, 0.1) is 22.3 Å². The Morgan fingerprint density at radius 2 is 1.91 bits per heavy atom. The first-order valence-corrected chi connectivity index (χ1v) is 10.1. The minimum absolute atomic E-state index is 0.0315. The summed E-state index contributed by atoms with van der Waals surface area (Å²) in [6, 6.07) is 6.29. The van der Waals surface area contributed by atoms with Crippen molar-refractivity contribution in [1.29, 1.82) is 0 Å². The molecule has 9 heteroatoms. The third kappa shape index (κ3) is 4.05. The van der Waals surface area contributed by atoms with E-state index in [0.717, 1.165) is 12.0 Å². The van der Waals surface area contributed by atoms with Crippen molar-refractivity contribution in [3.05, 3.63) is 29.8 Å². The Balaban J connectivity index is 1.99. The van der Waals surface area contributed by atoms with Crippen molar-refractivity contribution in [2.45, 2.75) is 24.7 Å². The van der Waals surface area contributed by atoms with Gasteiger partial charge < -0.3 is 0 Å². The van der Waals surface area contributed by atoms with E-state index in [9.17, 15) is 21.6 Å². The summed E-state index contributed by atoms with van der Waals surface area (Å²) in [4.78, 5) is 13.8. The van der Waals surface area contributed by atoms with E-state index in [-0.39, 0.29) is 22.8 Å². The van der Waals surface area contributed by atoms with E-state index >= 15 is 0 Å². The minimum atomic E-state index is -3.87. The fourth-order valence-corrected chi connectivity index (χ4v) is 4.77. The third-order valence-electron chi connectivity index (χ3n) is 3.55. The van der Waals surface area contributed by atoms with Gasteiger partial charge in [0.1, 0.15) is 0 Å². The first-order chi connectivity index (χ1) is 10.2. The van der Waals surface area contributed by atoms with Crippen LogP contribution in [0, 0.1) is 5.92 Å². The van der Waals surface area contributed by atoms with Gasteiger partial charge in [-0.3, -0.25) is 10.2 Å². The van der Waals surface area contributed by atoms with Crippen LogP contribution in [-0.4, -0.2) is 34.2 Å². The van der Waals surface area contributed by atoms with Crippen LogP contribution < -0.4 is 10.3 Å². The zero-order valence-electron chi connectivity index (χ0n) is 12.1. The predicted octanol–water partition coefficient (Wildman–Crippen LogP) is -0.00680. The largest absolute Gasteiger partial charge is 0.277 e. The van der Waals surface area contributed by atoms with E-state index in [2.05, 4.69) is 5.43 Å². The molecule has 1 aliphatic heterocycles. The van der Waals surface area contributed by atoms with Crippen LogP contribution in [-0.2, 0) is 31.1 Å². The van der Waals surface area contributed by atoms with Crippen molar-refractivity contribution in [3.8, 4) is 0 Å². The van der Waals surface area contributed by atoms with Crippen LogP contribution in [0.25, 0.3) is 0 Å². The number of nitrogens with one attached hydrogen (secondary N) is 2. The van der Waals surface area contributed by atoms with Crippen LogP contribution in [0.4, 0.5) is 0 Å². The summed E-state index contributed by atoms with van der Waals surface area (Å²) in [5.74, 6) is -1.63. The second-order valence-corrected chi connectivity index (χ2v) is 9.10. The van der Waals surface area contributed by atoms with Crippen molar-refractivity contribution in [2.24, 2.45) is 5.92 Å². The van der Waals surface area contributed by atoms with Crippen molar-refractivity contribution in [2.75, 3.05) is 11.5 Å². The Kier molecular flexibility index (Phi) is 4.88. The monoisotopic (exact) mass is 346 g/mol. The summed E-state index contributed by atoms with van der Waals surface area (Å²) in [6.45, 7) is 1.96. The molecule has 0 bridgehead atoms. The third-order valence-corrected chi connectivity index (χ3v) is 6.59. The minimum Gasteiger partial charge on any atom is -0.277 e. The highest BCUT2D eigenvalue weighted by Gasteiger charge is 2.33. The van der Waals surface area contributed by atoms with Crippen molar-refractivity contribution in [1.82, 2.24) is 10.3 Å². The lowest BCUT2D eigenvalue weighted by atomic mass is 10.1. The molecule has 1 aliphatic rings. The van der Waals surface area contributed by atoms with Crippen LogP contribution in [0.3, 0.4) is 0 Å². The molecule has 0 aromatic heterocycles.